The van der Waals surface area contributed by atoms with Crippen molar-refractivity contribution in [2.75, 3.05) is 5.32 Å². The zero-order chi connectivity index (χ0) is 17.3. The highest BCUT2D eigenvalue weighted by Gasteiger charge is 2.25. The molecule has 0 aliphatic heterocycles. The molecule has 1 amide bonds. The Hall–Kier alpha value is -3.68. The van der Waals surface area contributed by atoms with E-state index in [9.17, 15) is 19.7 Å². The largest absolute Gasteiger partial charge is 0.418 e. The first kappa shape index (κ1) is 15.2. The minimum atomic E-state index is -1.09. The van der Waals surface area contributed by atoms with Crippen LogP contribution >= 0.6 is 0 Å². The maximum atomic E-state index is 12.0. The zero-order valence-corrected chi connectivity index (χ0v) is 12.2. The molecule has 120 valence electrons. The molecule has 8 heteroatoms. The van der Waals surface area contributed by atoms with Gasteiger partial charge in [0.15, 0.2) is 0 Å². The van der Waals surface area contributed by atoms with Gasteiger partial charge in [-0.1, -0.05) is 24.3 Å². The SMILES string of the molecule is NC(=O)c1ccccc1Nc1c([N+](=O)[O-])c(=O)oc2ccccc12. The maximum absolute atomic E-state index is 12.0. The Morgan fingerprint density at radius 3 is 2.50 bits per heavy atom. The molecule has 3 N–H and O–H groups in total. The van der Waals surface area contributed by atoms with Crippen LogP contribution in [0.4, 0.5) is 17.1 Å². The summed E-state index contributed by atoms with van der Waals surface area (Å²) in [5.41, 5.74) is 4.02. The van der Waals surface area contributed by atoms with Gasteiger partial charge in [0.1, 0.15) is 11.3 Å². The molecular formula is C16H11N3O5. The molecule has 8 nitrogen and oxygen atoms in total. The van der Waals surface area contributed by atoms with Crippen LogP contribution in [0.1, 0.15) is 10.4 Å². The van der Waals surface area contributed by atoms with Crippen LogP contribution in [0.5, 0.6) is 0 Å². The predicted octanol–water partition coefficient (Wildman–Crippen LogP) is 2.54. The summed E-state index contributed by atoms with van der Waals surface area (Å²) in [5.74, 6) is -0.701. The van der Waals surface area contributed by atoms with Crippen LogP contribution in [0.15, 0.2) is 57.7 Å². The van der Waals surface area contributed by atoms with Crippen molar-refractivity contribution in [1.29, 1.82) is 0 Å². The standard InChI is InChI=1S/C16H11N3O5/c17-15(20)9-5-1-3-7-11(9)18-13-10-6-2-4-8-12(10)24-16(21)14(13)19(22)23/h1-8,18H,(H2,17,20). The molecule has 1 heterocycles. The molecule has 0 radical (unpaired) electrons. The van der Waals surface area contributed by atoms with Crippen molar-refractivity contribution < 1.29 is 14.1 Å². The molecule has 0 saturated heterocycles. The molecule has 24 heavy (non-hydrogen) atoms. The number of carbonyl (C=O) groups excluding carboxylic acids is 1. The molecule has 0 saturated carbocycles. The quantitative estimate of drug-likeness (QED) is 0.431. The lowest BCUT2D eigenvalue weighted by atomic mass is 10.1. The fourth-order valence-electron chi connectivity index (χ4n) is 2.37. The molecule has 0 aliphatic rings. The van der Waals surface area contributed by atoms with Crippen molar-refractivity contribution in [3.8, 4) is 0 Å². The van der Waals surface area contributed by atoms with Crippen LogP contribution in [-0.2, 0) is 0 Å². The van der Waals surface area contributed by atoms with Crippen LogP contribution < -0.4 is 16.7 Å². The highest BCUT2D eigenvalue weighted by molar-refractivity contribution is 6.02. The lowest BCUT2D eigenvalue weighted by Crippen LogP contribution is -2.15. The third-order valence-corrected chi connectivity index (χ3v) is 3.42. The highest BCUT2D eigenvalue weighted by Crippen LogP contribution is 2.33. The normalized spacial score (nSPS) is 10.5. The van der Waals surface area contributed by atoms with Crippen LogP contribution in [-0.4, -0.2) is 10.8 Å². The molecule has 0 spiro atoms. The van der Waals surface area contributed by atoms with E-state index < -0.39 is 22.1 Å². The Bertz CT molecular complexity index is 1030. The smallest absolute Gasteiger partial charge is 0.417 e. The number of anilines is 2. The zero-order valence-electron chi connectivity index (χ0n) is 12.2. The van der Waals surface area contributed by atoms with Crippen molar-refractivity contribution in [1.82, 2.24) is 0 Å². The predicted molar refractivity (Wildman–Crippen MR) is 87.4 cm³/mol. The first-order valence-electron chi connectivity index (χ1n) is 6.85. The van der Waals surface area contributed by atoms with Gasteiger partial charge in [-0.2, -0.15) is 0 Å². The molecule has 0 bridgehead atoms. The average Bonchev–Trinajstić information content (AvgIpc) is 2.54. The van der Waals surface area contributed by atoms with Crippen molar-refractivity contribution in [2.24, 2.45) is 5.73 Å². The summed E-state index contributed by atoms with van der Waals surface area (Å²) in [4.78, 5) is 34.0. The van der Waals surface area contributed by atoms with Crippen LogP contribution in [0.25, 0.3) is 11.0 Å². The number of nitrogens with zero attached hydrogens (tertiary/aromatic N) is 1. The van der Waals surface area contributed by atoms with Gasteiger partial charge in [0.05, 0.1) is 16.2 Å². The monoisotopic (exact) mass is 325 g/mol. The van der Waals surface area contributed by atoms with E-state index in [1.807, 2.05) is 0 Å². The van der Waals surface area contributed by atoms with E-state index in [1.54, 1.807) is 30.3 Å². The van der Waals surface area contributed by atoms with Gasteiger partial charge in [-0.05, 0) is 24.3 Å². The van der Waals surface area contributed by atoms with E-state index in [4.69, 9.17) is 10.2 Å². The summed E-state index contributed by atoms with van der Waals surface area (Å²) >= 11 is 0. The van der Waals surface area contributed by atoms with E-state index >= 15 is 0 Å². The third kappa shape index (κ3) is 2.56. The Morgan fingerprint density at radius 1 is 1.12 bits per heavy atom. The second-order valence-corrected chi connectivity index (χ2v) is 4.90. The van der Waals surface area contributed by atoms with E-state index in [-0.39, 0.29) is 22.5 Å². The number of amides is 1. The maximum Gasteiger partial charge on any atom is 0.417 e. The molecule has 0 unspecified atom stereocenters. The minimum absolute atomic E-state index is 0.0550. The van der Waals surface area contributed by atoms with Gasteiger partial charge >= 0.3 is 11.3 Å². The Balaban J connectivity index is 2.30. The van der Waals surface area contributed by atoms with E-state index in [0.29, 0.717) is 5.39 Å². The van der Waals surface area contributed by atoms with Crippen molar-refractivity contribution >= 4 is 33.9 Å². The summed E-state index contributed by atoms with van der Waals surface area (Å²) in [7, 11) is 0. The summed E-state index contributed by atoms with van der Waals surface area (Å²) in [5, 5.41) is 14.4. The summed E-state index contributed by atoms with van der Waals surface area (Å²) in [6, 6.07) is 12.6. The van der Waals surface area contributed by atoms with Gasteiger partial charge in [-0.15, -0.1) is 0 Å². The number of hydrogen-bond donors (Lipinski definition) is 2. The topological polar surface area (TPSA) is 128 Å². The number of nitro groups is 1. The van der Waals surface area contributed by atoms with Crippen molar-refractivity contribution in [3.05, 3.63) is 74.6 Å². The van der Waals surface area contributed by atoms with Crippen LogP contribution in [0.2, 0.25) is 0 Å². The third-order valence-electron chi connectivity index (χ3n) is 3.42. The lowest BCUT2D eigenvalue weighted by molar-refractivity contribution is -0.386. The number of primary amides is 1. The molecule has 0 fully saturated rings. The molecule has 0 aliphatic carbocycles. The van der Waals surface area contributed by atoms with Crippen LogP contribution in [0, 0.1) is 10.1 Å². The number of benzene rings is 2. The summed E-state index contributed by atoms with van der Waals surface area (Å²) in [6.45, 7) is 0. The number of fused-ring (bicyclic) bond motifs is 1. The number of hydrogen-bond acceptors (Lipinski definition) is 6. The molecule has 1 aromatic heterocycles. The van der Waals surface area contributed by atoms with Gasteiger partial charge in [0.25, 0.3) is 5.91 Å². The average molecular weight is 325 g/mol. The first-order valence-corrected chi connectivity index (χ1v) is 6.85. The molecule has 3 aromatic rings. The first-order chi connectivity index (χ1) is 11.5. The van der Waals surface area contributed by atoms with E-state index in [2.05, 4.69) is 5.32 Å². The van der Waals surface area contributed by atoms with Crippen molar-refractivity contribution in [3.63, 3.8) is 0 Å². The molecule has 3 rings (SSSR count). The second-order valence-electron chi connectivity index (χ2n) is 4.90. The fourth-order valence-corrected chi connectivity index (χ4v) is 2.37. The van der Waals surface area contributed by atoms with E-state index in [0.717, 1.165) is 0 Å². The molecular weight excluding hydrogens is 314 g/mol. The lowest BCUT2D eigenvalue weighted by Gasteiger charge is -2.11. The number of nitrogens with two attached hydrogens (primary N) is 1. The minimum Gasteiger partial charge on any atom is -0.418 e. The Kier molecular flexibility index (Phi) is 3.70. The highest BCUT2D eigenvalue weighted by atomic mass is 16.6. The Morgan fingerprint density at radius 2 is 1.79 bits per heavy atom. The summed E-state index contributed by atoms with van der Waals surface area (Å²) < 4.78 is 4.98. The van der Waals surface area contributed by atoms with Gasteiger partial charge in [-0.25, -0.2) is 4.79 Å². The van der Waals surface area contributed by atoms with Gasteiger partial charge in [0.2, 0.25) is 0 Å². The Labute approximate surface area is 134 Å². The van der Waals surface area contributed by atoms with Gasteiger partial charge in [0, 0.05) is 5.39 Å². The second kappa shape index (κ2) is 5.84. The van der Waals surface area contributed by atoms with Gasteiger partial charge in [-0.3, -0.25) is 14.9 Å². The fraction of sp³-hybridized carbons (Fsp3) is 0. The number of nitrogens with one attached hydrogen (secondary N) is 1. The van der Waals surface area contributed by atoms with Crippen molar-refractivity contribution in [2.45, 2.75) is 0 Å². The number of carbonyl (C=O) groups is 1. The number of para-hydroxylation sites is 2. The summed E-state index contributed by atoms with van der Waals surface area (Å²) in [6.07, 6.45) is 0. The van der Waals surface area contributed by atoms with Crippen LogP contribution in [0.3, 0.4) is 0 Å². The molecule has 2 aromatic carbocycles. The van der Waals surface area contributed by atoms with E-state index in [1.165, 1.54) is 18.2 Å². The molecule has 0 atom stereocenters. The number of rotatable bonds is 4. The van der Waals surface area contributed by atoms with Gasteiger partial charge < -0.3 is 15.5 Å².